The number of fused-ring (bicyclic) bond motifs is 6. The van der Waals surface area contributed by atoms with E-state index >= 15 is 0 Å². The fraction of sp³-hybridized carbons (Fsp3) is 0.586. The number of rotatable bonds is 0. The zero-order valence-electron chi connectivity index (χ0n) is 20.7. The topological polar surface area (TPSA) is 0 Å². The van der Waals surface area contributed by atoms with Crippen molar-refractivity contribution >= 4 is 23.3 Å². The molecule has 0 radical (unpaired) electrons. The fourth-order valence-electron chi connectivity index (χ4n) is 8.29. The van der Waals surface area contributed by atoms with E-state index in [-0.39, 0.29) is 25.7 Å². The van der Waals surface area contributed by atoms with Gasteiger partial charge in [0.2, 0.25) is 0 Å². The van der Waals surface area contributed by atoms with Crippen LogP contribution >= 0.6 is 0 Å². The summed E-state index contributed by atoms with van der Waals surface area (Å²) in [4.78, 5) is 0. The van der Waals surface area contributed by atoms with Crippen LogP contribution in [0.15, 0.2) is 53.1 Å². The van der Waals surface area contributed by atoms with Crippen molar-refractivity contribution in [3.63, 3.8) is 0 Å². The van der Waals surface area contributed by atoms with Gasteiger partial charge < -0.3 is 0 Å². The SMILES string of the molecule is [Li][C]1(C)C2=C3Cc4ccccc4C3=C3C=CCCC3C2(C)C(C)(C)C(C)(C)C1(C)C. The van der Waals surface area contributed by atoms with Crippen LogP contribution in [-0.4, -0.2) is 17.7 Å². The van der Waals surface area contributed by atoms with Gasteiger partial charge in [0.05, 0.1) is 0 Å². The first-order chi connectivity index (χ1) is 13.8. The molecular weight excluding hydrogens is 355 g/mol. The second-order valence-corrected chi connectivity index (χ2v) is 12.8. The van der Waals surface area contributed by atoms with Crippen LogP contribution in [0.4, 0.5) is 0 Å². The molecule has 4 aliphatic carbocycles. The van der Waals surface area contributed by atoms with Crippen molar-refractivity contribution in [1.82, 2.24) is 0 Å². The Balaban J connectivity index is 1.95. The molecule has 5 rings (SSSR count). The summed E-state index contributed by atoms with van der Waals surface area (Å²) in [6.07, 6.45) is 8.53. The summed E-state index contributed by atoms with van der Waals surface area (Å²) < 4.78 is 0.135. The Morgan fingerprint density at radius 3 is 2.23 bits per heavy atom. The Morgan fingerprint density at radius 1 is 0.867 bits per heavy atom. The zero-order chi connectivity index (χ0) is 21.9. The zero-order valence-corrected chi connectivity index (χ0v) is 20.7. The third-order valence-corrected chi connectivity index (χ3v) is 11.7. The van der Waals surface area contributed by atoms with Crippen LogP contribution in [0, 0.1) is 27.6 Å². The van der Waals surface area contributed by atoms with E-state index in [4.69, 9.17) is 0 Å². The van der Waals surface area contributed by atoms with E-state index in [2.05, 4.69) is 110 Å². The van der Waals surface area contributed by atoms with Crippen molar-refractivity contribution in [3.8, 4) is 0 Å². The number of hydrogen-bond acceptors (Lipinski definition) is 0. The molecule has 1 aromatic carbocycles. The van der Waals surface area contributed by atoms with Gasteiger partial charge in [-0.1, -0.05) is 0 Å². The van der Waals surface area contributed by atoms with E-state index in [0.29, 0.717) is 5.92 Å². The summed E-state index contributed by atoms with van der Waals surface area (Å²) in [5.41, 5.74) is 10.4. The molecular formula is C29H37Li. The van der Waals surface area contributed by atoms with Crippen LogP contribution < -0.4 is 0 Å². The Morgan fingerprint density at radius 2 is 1.53 bits per heavy atom. The molecule has 0 amide bonds. The van der Waals surface area contributed by atoms with Gasteiger partial charge >= 0.3 is 194 Å². The first-order valence-electron chi connectivity index (χ1n) is 12.1. The summed E-state index contributed by atoms with van der Waals surface area (Å²) in [6, 6.07) is 9.20. The van der Waals surface area contributed by atoms with Crippen molar-refractivity contribution in [2.75, 3.05) is 0 Å². The van der Waals surface area contributed by atoms with Crippen molar-refractivity contribution in [2.24, 2.45) is 27.6 Å². The van der Waals surface area contributed by atoms with Crippen molar-refractivity contribution < 1.29 is 0 Å². The average molecular weight is 393 g/mol. The molecule has 1 aromatic rings. The van der Waals surface area contributed by atoms with Crippen LogP contribution in [0.3, 0.4) is 0 Å². The molecule has 0 aliphatic heterocycles. The van der Waals surface area contributed by atoms with Crippen LogP contribution in [-0.2, 0) is 6.42 Å². The predicted molar refractivity (Wildman–Crippen MR) is 130 cm³/mol. The van der Waals surface area contributed by atoms with Gasteiger partial charge in [-0.15, -0.1) is 0 Å². The van der Waals surface area contributed by atoms with Crippen LogP contribution in [0.25, 0.3) is 5.57 Å². The monoisotopic (exact) mass is 392 g/mol. The predicted octanol–water partition coefficient (Wildman–Crippen LogP) is 7.72. The molecule has 0 bridgehead atoms. The summed E-state index contributed by atoms with van der Waals surface area (Å²) in [6.45, 7) is 20.6. The van der Waals surface area contributed by atoms with Crippen molar-refractivity contribution in [3.05, 3.63) is 64.3 Å². The molecule has 0 heterocycles. The third kappa shape index (κ3) is 2.03. The molecule has 30 heavy (non-hydrogen) atoms. The van der Waals surface area contributed by atoms with Gasteiger partial charge in [-0.25, -0.2) is 0 Å². The molecule has 3 unspecified atom stereocenters. The molecule has 0 N–H and O–H groups in total. The molecule has 154 valence electrons. The Bertz CT molecular complexity index is 1040. The first-order valence-corrected chi connectivity index (χ1v) is 12.1. The van der Waals surface area contributed by atoms with Gasteiger partial charge in [-0.3, -0.25) is 0 Å². The van der Waals surface area contributed by atoms with Gasteiger partial charge in [0.15, 0.2) is 0 Å². The Kier molecular flexibility index (Phi) is 4.10. The molecule has 4 aliphatic rings. The van der Waals surface area contributed by atoms with E-state index < -0.39 is 0 Å². The molecule has 0 aromatic heterocycles. The molecule has 1 heteroatoms. The van der Waals surface area contributed by atoms with E-state index in [1.165, 1.54) is 24.0 Å². The first kappa shape index (κ1) is 20.9. The van der Waals surface area contributed by atoms with Crippen LogP contribution in [0.1, 0.15) is 79.4 Å². The summed E-state index contributed by atoms with van der Waals surface area (Å²) in [5, 5.41) is 0. The normalized spacial score (nSPS) is 37.5. The van der Waals surface area contributed by atoms with E-state index in [1.54, 1.807) is 22.3 Å². The Labute approximate surface area is 193 Å². The second-order valence-electron chi connectivity index (χ2n) is 12.8. The van der Waals surface area contributed by atoms with E-state index in [0.717, 1.165) is 6.42 Å². The van der Waals surface area contributed by atoms with E-state index in [1.807, 2.05) is 0 Å². The van der Waals surface area contributed by atoms with Crippen LogP contribution in [0.5, 0.6) is 0 Å². The molecule has 1 saturated carbocycles. The van der Waals surface area contributed by atoms with E-state index in [9.17, 15) is 0 Å². The van der Waals surface area contributed by atoms with Gasteiger partial charge in [0.1, 0.15) is 0 Å². The molecule has 0 saturated heterocycles. The number of benzene rings is 1. The van der Waals surface area contributed by atoms with Crippen LogP contribution in [0.2, 0.25) is 4.09 Å². The maximum absolute atomic E-state index is 2.65. The summed E-state index contributed by atoms with van der Waals surface area (Å²) in [5.74, 6) is 0.604. The fourth-order valence-corrected chi connectivity index (χ4v) is 8.29. The summed E-state index contributed by atoms with van der Waals surface area (Å²) in [7, 11) is 0. The average Bonchev–Trinajstić information content (AvgIpc) is 3.05. The van der Waals surface area contributed by atoms with Gasteiger partial charge in [0, 0.05) is 0 Å². The number of allylic oxidation sites excluding steroid dienone is 6. The quantitative estimate of drug-likeness (QED) is 0.396. The van der Waals surface area contributed by atoms with Gasteiger partial charge in [0.25, 0.3) is 0 Å². The Hall–Kier alpha value is -0.963. The standard InChI is InChI=1S/C29H37.Li/c1-18-25-22-17-19-13-9-10-14-20(19)24(22)21-15-11-12-16-23(21)29(25,8)28(6,7)27(4,5)26(18,2)3;/h9-11,13-15,23H,12,16-17H2,1-8H3;. The van der Waals surface area contributed by atoms with Crippen molar-refractivity contribution in [1.29, 1.82) is 0 Å². The molecule has 0 nitrogen and oxygen atoms in total. The molecule has 1 fully saturated rings. The second kappa shape index (κ2) is 5.88. The molecule has 3 atom stereocenters. The van der Waals surface area contributed by atoms with Gasteiger partial charge in [-0.2, -0.15) is 0 Å². The third-order valence-electron chi connectivity index (χ3n) is 11.7. The summed E-state index contributed by atoms with van der Waals surface area (Å²) >= 11 is 2.56. The minimum atomic E-state index is 0.135. The minimum absolute atomic E-state index is 0.135. The number of hydrogen-bond donors (Lipinski definition) is 0. The molecule has 0 spiro atoms. The maximum atomic E-state index is 2.65. The van der Waals surface area contributed by atoms with Gasteiger partial charge in [-0.05, 0) is 0 Å². The van der Waals surface area contributed by atoms with Crippen molar-refractivity contribution in [2.45, 2.75) is 78.7 Å².